The van der Waals surface area contributed by atoms with Crippen molar-refractivity contribution in [1.29, 1.82) is 0 Å². The molecule has 2 aromatic heterocycles. The number of nitrogens with zero attached hydrogens (tertiary/aromatic N) is 4. The van der Waals surface area contributed by atoms with Crippen LogP contribution in [-0.2, 0) is 56.2 Å². The fourth-order valence-corrected chi connectivity index (χ4v) is 5.18. The third kappa shape index (κ3) is 10.1. The molecule has 0 spiro atoms. The number of hydrogen-bond donors (Lipinski definition) is 2. The molecule has 0 amide bonds. The molecule has 0 aliphatic carbocycles. The number of nitrogens with two attached hydrogens (primary N) is 1. The summed E-state index contributed by atoms with van der Waals surface area (Å²) in [6, 6.07) is 0. The molecular weight excluding hydrogens is 686 g/mol. The lowest BCUT2D eigenvalue weighted by atomic mass is 9.97. The van der Waals surface area contributed by atoms with Crippen molar-refractivity contribution in [3.05, 3.63) is 6.33 Å². The number of esters is 3. The molecule has 282 valence electrons. The van der Waals surface area contributed by atoms with Crippen LogP contribution in [0.25, 0.3) is 11.2 Å². The van der Waals surface area contributed by atoms with E-state index < -0.39 is 93.1 Å². The monoisotopic (exact) mass is 734 g/mol. The van der Waals surface area contributed by atoms with Gasteiger partial charge in [-0.3, -0.25) is 23.5 Å². The summed E-state index contributed by atoms with van der Waals surface area (Å²) in [6.45, 7) is 12.5. The molecule has 0 bridgehead atoms. The Hall–Kier alpha value is -3.48. The molecular formula is C30H48FN6O12P. The van der Waals surface area contributed by atoms with E-state index in [2.05, 4.69) is 20.3 Å². The third-order valence-electron chi connectivity index (χ3n) is 7.08. The number of carbonyl (C=O) groups is 3. The molecule has 3 N–H and O–H groups in total. The second-order valence-electron chi connectivity index (χ2n) is 14.7. The summed E-state index contributed by atoms with van der Waals surface area (Å²) in [6.07, 6.45) is -3.14. The quantitative estimate of drug-likeness (QED) is 0.120. The Bertz CT molecular complexity index is 1550. The molecule has 1 aliphatic rings. The molecule has 18 nitrogen and oxygen atoms in total. The Kier molecular flexibility index (Phi) is 12.6. The van der Waals surface area contributed by atoms with Crippen LogP contribution < -0.4 is 11.1 Å². The van der Waals surface area contributed by atoms with Gasteiger partial charge in [0, 0.05) is 7.05 Å². The first-order chi connectivity index (χ1) is 22.9. The van der Waals surface area contributed by atoms with Crippen molar-refractivity contribution in [3.8, 4) is 0 Å². The number of halogens is 1. The topological polar surface area (TPSA) is 224 Å². The Morgan fingerprint density at radius 1 is 0.920 bits per heavy atom. The number of nitrogens with one attached hydrogen (secondary N) is 1. The Morgan fingerprint density at radius 3 is 1.90 bits per heavy atom. The number of ether oxygens (including phenoxy) is 5. The number of imidazole rings is 1. The SMILES string of the molecule is CNc1nc(N)nc2c1ncn2[C@@H]1O[C@H](COP(=O)(OCOC(=O)C(C)(C)C)OCOC(=O)C(C)(C)C)[C@@H](OCOC(=O)C(C)(C)C)[C@@]1(C)F. The predicted octanol–water partition coefficient (Wildman–Crippen LogP) is 4.26. The lowest BCUT2D eigenvalue weighted by molar-refractivity contribution is -0.179. The molecule has 2 aromatic rings. The van der Waals surface area contributed by atoms with Gasteiger partial charge in [0.15, 0.2) is 35.7 Å². The highest BCUT2D eigenvalue weighted by molar-refractivity contribution is 7.48. The van der Waals surface area contributed by atoms with Crippen molar-refractivity contribution in [1.82, 2.24) is 19.5 Å². The van der Waals surface area contributed by atoms with Crippen LogP contribution in [0.4, 0.5) is 16.2 Å². The Labute approximate surface area is 289 Å². The van der Waals surface area contributed by atoms with Gasteiger partial charge in [-0.2, -0.15) is 9.97 Å². The van der Waals surface area contributed by atoms with E-state index in [0.29, 0.717) is 0 Å². The van der Waals surface area contributed by atoms with Crippen LogP contribution in [0.2, 0.25) is 0 Å². The van der Waals surface area contributed by atoms with Gasteiger partial charge in [-0.25, -0.2) is 23.0 Å². The molecule has 0 aromatic carbocycles. The van der Waals surface area contributed by atoms with E-state index in [1.165, 1.54) is 17.8 Å². The third-order valence-corrected chi connectivity index (χ3v) is 8.39. The average Bonchev–Trinajstić information content (AvgIpc) is 3.51. The van der Waals surface area contributed by atoms with E-state index in [0.717, 1.165) is 0 Å². The molecule has 3 rings (SSSR count). The lowest BCUT2D eigenvalue weighted by Gasteiger charge is -2.28. The molecule has 1 saturated heterocycles. The average molecular weight is 735 g/mol. The molecule has 3 heterocycles. The maximum atomic E-state index is 16.9. The normalized spacial score (nSPS) is 21.6. The fourth-order valence-electron chi connectivity index (χ4n) is 4.26. The van der Waals surface area contributed by atoms with Gasteiger partial charge >= 0.3 is 25.7 Å². The summed E-state index contributed by atoms with van der Waals surface area (Å²) < 4.78 is 75.0. The minimum atomic E-state index is -4.72. The standard InChI is InChI=1S/C30H48FN6O12P/c1-27(2,3)23(38)43-14-42-19-17(49-22(30(19,10)31)37-13-34-18-20(33-11)35-26(32)36-21(18)37)12-46-50(41,47-15-44-24(39)28(4,5)6)48-16-45-25(40)29(7,8)9/h13,17,19,22H,12,14-16H2,1-11H3,(H3,32,33,35,36)/t17-,19-,22-,30-/m1/s1. The second-order valence-corrected chi connectivity index (χ2v) is 16.3. The van der Waals surface area contributed by atoms with Crippen LogP contribution in [0.5, 0.6) is 0 Å². The number of hydrogen-bond acceptors (Lipinski definition) is 17. The van der Waals surface area contributed by atoms with E-state index in [1.807, 2.05) is 0 Å². The first kappa shape index (κ1) is 40.9. The fraction of sp³-hybridized carbons (Fsp3) is 0.733. The first-order valence-corrected chi connectivity index (χ1v) is 17.1. The minimum Gasteiger partial charge on any atom is -0.438 e. The van der Waals surface area contributed by atoms with Gasteiger partial charge in [0.05, 0.1) is 29.2 Å². The zero-order valence-electron chi connectivity index (χ0n) is 30.2. The number of carbonyl (C=O) groups excluding carboxylic acids is 3. The van der Waals surface area contributed by atoms with E-state index >= 15 is 4.39 Å². The Balaban J connectivity index is 1.91. The molecule has 4 atom stereocenters. The molecule has 1 aliphatic heterocycles. The summed E-state index contributed by atoms with van der Waals surface area (Å²) >= 11 is 0. The van der Waals surface area contributed by atoms with E-state index in [-0.39, 0.29) is 22.9 Å². The smallest absolute Gasteiger partial charge is 0.438 e. The summed E-state index contributed by atoms with van der Waals surface area (Å²) in [5, 5.41) is 2.85. The van der Waals surface area contributed by atoms with Crippen LogP contribution in [0.3, 0.4) is 0 Å². The van der Waals surface area contributed by atoms with Crippen LogP contribution in [-0.4, -0.2) is 89.3 Å². The van der Waals surface area contributed by atoms with Gasteiger partial charge in [0.25, 0.3) is 0 Å². The van der Waals surface area contributed by atoms with Crippen molar-refractivity contribution >= 4 is 48.7 Å². The molecule has 0 unspecified atom stereocenters. The summed E-state index contributed by atoms with van der Waals surface area (Å²) in [4.78, 5) is 49.5. The van der Waals surface area contributed by atoms with Crippen LogP contribution in [0, 0.1) is 16.2 Å². The van der Waals surface area contributed by atoms with E-state index in [9.17, 15) is 18.9 Å². The minimum absolute atomic E-state index is 0.119. The molecule has 20 heteroatoms. The van der Waals surface area contributed by atoms with Gasteiger partial charge in [0.1, 0.15) is 12.2 Å². The van der Waals surface area contributed by atoms with Gasteiger partial charge in [-0.15, -0.1) is 0 Å². The highest BCUT2D eigenvalue weighted by atomic mass is 31.2. The predicted molar refractivity (Wildman–Crippen MR) is 175 cm³/mol. The number of alkyl halides is 1. The zero-order valence-corrected chi connectivity index (χ0v) is 31.1. The largest absolute Gasteiger partial charge is 0.480 e. The van der Waals surface area contributed by atoms with Crippen molar-refractivity contribution < 1.29 is 60.6 Å². The number of anilines is 2. The highest BCUT2D eigenvalue weighted by Gasteiger charge is 2.57. The molecule has 50 heavy (non-hydrogen) atoms. The number of rotatable bonds is 14. The van der Waals surface area contributed by atoms with Gasteiger partial charge < -0.3 is 34.7 Å². The zero-order chi connectivity index (χ0) is 37.9. The summed E-state index contributed by atoms with van der Waals surface area (Å²) in [7, 11) is -3.12. The number of phosphoric ester groups is 1. The number of nitrogen functional groups attached to an aromatic ring is 1. The van der Waals surface area contributed by atoms with Gasteiger partial charge in [0.2, 0.25) is 19.5 Å². The lowest BCUT2D eigenvalue weighted by Crippen LogP contribution is -2.43. The van der Waals surface area contributed by atoms with Crippen molar-refractivity contribution in [3.63, 3.8) is 0 Å². The van der Waals surface area contributed by atoms with Crippen LogP contribution >= 0.6 is 7.82 Å². The van der Waals surface area contributed by atoms with Crippen LogP contribution in [0.1, 0.15) is 75.5 Å². The first-order valence-electron chi connectivity index (χ1n) is 15.6. The number of aromatic nitrogens is 4. The van der Waals surface area contributed by atoms with Crippen molar-refractivity contribution in [2.45, 2.75) is 93.3 Å². The van der Waals surface area contributed by atoms with Crippen LogP contribution in [0.15, 0.2) is 6.33 Å². The Morgan fingerprint density at radius 2 is 1.42 bits per heavy atom. The molecule has 0 radical (unpaired) electrons. The molecule has 0 saturated carbocycles. The van der Waals surface area contributed by atoms with E-state index in [4.69, 9.17) is 43.0 Å². The molecule has 1 fully saturated rings. The highest BCUT2D eigenvalue weighted by Crippen LogP contribution is 2.52. The maximum absolute atomic E-state index is 16.9. The number of fused-ring (bicyclic) bond motifs is 1. The second kappa shape index (κ2) is 15.4. The van der Waals surface area contributed by atoms with Crippen molar-refractivity contribution in [2.24, 2.45) is 16.2 Å². The van der Waals surface area contributed by atoms with E-state index in [1.54, 1.807) is 69.4 Å². The summed E-state index contributed by atoms with van der Waals surface area (Å²) in [5.74, 6) is -1.83. The van der Waals surface area contributed by atoms with Gasteiger partial charge in [-0.1, -0.05) is 0 Å². The number of phosphoric acid groups is 1. The van der Waals surface area contributed by atoms with Crippen molar-refractivity contribution in [2.75, 3.05) is 45.1 Å². The summed E-state index contributed by atoms with van der Waals surface area (Å²) in [5.41, 5.74) is 1.14. The maximum Gasteiger partial charge on any atom is 0.480 e. The van der Waals surface area contributed by atoms with Gasteiger partial charge in [-0.05, 0) is 69.2 Å².